The number of alkyl carbamates (subject to hydrolysis) is 1. The van der Waals surface area contributed by atoms with E-state index in [1.807, 2.05) is 36.4 Å². The van der Waals surface area contributed by atoms with Gasteiger partial charge in [-0.05, 0) is 49.6 Å². The third-order valence-corrected chi connectivity index (χ3v) is 4.02. The highest BCUT2D eigenvalue weighted by Crippen LogP contribution is 2.26. The van der Waals surface area contributed by atoms with Gasteiger partial charge in [-0.1, -0.05) is 54.6 Å². The third kappa shape index (κ3) is 6.45. The molecule has 1 amide bonds. The van der Waals surface area contributed by atoms with E-state index in [1.54, 1.807) is 19.9 Å². The predicted molar refractivity (Wildman–Crippen MR) is 105 cm³/mol. The molecule has 0 saturated carbocycles. The van der Waals surface area contributed by atoms with E-state index in [-0.39, 0.29) is 0 Å². The molecule has 2 aromatic carbocycles. The van der Waals surface area contributed by atoms with Gasteiger partial charge in [0.2, 0.25) is 0 Å². The van der Waals surface area contributed by atoms with Gasteiger partial charge >= 0.3 is 6.09 Å². The Morgan fingerprint density at radius 1 is 1.19 bits per heavy atom. The summed E-state index contributed by atoms with van der Waals surface area (Å²) in [4.78, 5) is 11.7. The lowest BCUT2D eigenvalue weighted by Gasteiger charge is -2.20. The van der Waals surface area contributed by atoms with Crippen molar-refractivity contribution in [3.63, 3.8) is 0 Å². The van der Waals surface area contributed by atoms with Crippen LogP contribution in [0.5, 0.6) is 5.75 Å². The number of benzene rings is 2. The normalized spacial score (nSPS) is 10.9. The first-order valence-corrected chi connectivity index (χ1v) is 8.83. The molecule has 26 heavy (non-hydrogen) atoms. The summed E-state index contributed by atoms with van der Waals surface area (Å²) in [6, 6.07) is 15.9. The Labute approximate surface area is 159 Å². The average molecular weight is 374 g/mol. The highest BCUT2D eigenvalue weighted by Gasteiger charge is 2.17. The summed E-state index contributed by atoms with van der Waals surface area (Å²) < 4.78 is 10.8. The molecular weight excluding hydrogens is 350 g/mol. The number of halogens is 1. The quantitative estimate of drug-likeness (QED) is 0.523. The first-order valence-electron chi connectivity index (χ1n) is 8.45. The molecule has 0 aromatic heterocycles. The molecule has 0 aliphatic heterocycles. The lowest BCUT2D eigenvalue weighted by atomic mass is 10.1. The molecule has 4 nitrogen and oxygen atoms in total. The lowest BCUT2D eigenvalue weighted by molar-refractivity contribution is 0.0714. The molecular formula is C21H24ClNO3. The van der Waals surface area contributed by atoms with Gasteiger partial charge in [0.05, 0.1) is 11.6 Å². The summed E-state index contributed by atoms with van der Waals surface area (Å²) in [5.74, 6) is 0.588. The van der Waals surface area contributed by atoms with Gasteiger partial charge in [0.15, 0.2) is 0 Å². The summed E-state index contributed by atoms with van der Waals surface area (Å²) in [5, 5.41) is 3.18. The Kier molecular flexibility index (Phi) is 7.10. The van der Waals surface area contributed by atoms with E-state index in [9.17, 15) is 4.79 Å². The van der Waals surface area contributed by atoms with E-state index in [4.69, 9.17) is 21.1 Å². The van der Waals surface area contributed by atoms with Crippen molar-refractivity contribution in [1.82, 2.24) is 5.32 Å². The van der Waals surface area contributed by atoms with Crippen LogP contribution in [-0.2, 0) is 11.2 Å². The van der Waals surface area contributed by atoms with Crippen LogP contribution in [0.3, 0.4) is 0 Å². The van der Waals surface area contributed by atoms with Gasteiger partial charge in [-0.3, -0.25) is 0 Å². The van der Waals surface area contributed by atoms with Gasteiger partial charge in [0.25, 0.3) is 0 Å². The average Bonchev–Trinajstić information content (AvgIpc) is 2.61. The summed E-state index contributed by atoms with van der Waals surface area (Å²) in [5.41, 5.74) is 1.63. The van der Waals surface area contributed by atoms with E-state index >= 15 is 0 Å². The van der Waals surface area contributed by atoms with Crippen LogP contribution in [0.15, 0.2) is 61.2 Å². The van der Waals surface area contributed by atoms with Gasteiger partial charge < -0.3 is 14.8 Å². The predicted octanol–water partition coefficient (Wildman–Crippen LogP) is 5.00. The molecule has 0 radical (unpaired) electrons. The molecule has 2 rings (SSSR count). The van der Waals surface area contributed by atoms with Crippen molar-refractivity contribution >= 4 is 17.7 Å². The minimum atomic E-state index is -0.706. The molecule has 5 heteroatoms. The fraction of sp³-hybridized carbons (Fsp3) is 0.286. The Balaban J connectivity index is 1.79. The number of amides is 1. The van der Waals surface area contributed by atoms with Crippen molar-refractivity contribution in [3.05, 3.63) is 77.3 Å². The van der Waals surface area contributed by atoms with Crippen molar-refractivity contribution in [3.8, 4) is 5.75 Å². The number of hydrogen-bond acceptors (Lipinski definition) is 3. The van der Waals surface area contributed by atoms with Gasteiger partial charge in [-0.15, -0.1) is 0 Å². The van der Waals surface area contributed by atoms with Crippen LogP contribution in [0.2, 0.25) is 5.02 Å². The van der Waals surface area contributed by atoms with Crippen LogP contribution in [0.4, 0.5) is 4.79 Å². The molecule has 0 saturated heterocycles. The molecule has 0 atom stereocenters. The van der Waals surface area contributed by atoms with Crippen molar-refractivity contribution in [1.29, 1.82) is 0 Å². The number of rotatable bonds is 8. The Bertz CT molecular complexity index is 744. The van der Waals surface area contributed by atoms with Crippen LogP contribution < -0.4 is 10.1 Å². The van der Waals surface area contributed by atoms with E-state index in [0.717, 1.165) is 12.0 Å². The third-order valence-electron chi connectivity index (χ3n) is 3.72. The zero-order chi connectivity index (χ0) is 19.0. The van der Waals surface area contributed by atoms with E-state index in [2.05, 4.69) is 24.0 Å². The summed E-state index contributed by atoms with van der Waals surface area (Å²) in [6.45, 7) is 7.74. The van der Waals surface area contributed by atoms with Gasteiger partial charge in [-0.25, -0.2) is 4.79 Å². The molecule has 0 bridgehead atoms. The van der Waals surface area contributed by atoms with Gasteiger partial charge in [0.1, 0.15) is 18.0 Å². The second-order valence-electron chi connectivity index (χ2n) is 6.40. The molecule has 0 spiro atoms. The molecule has 0 aliphatic carbocycles. The zero-order valence-electron chi connectivity index (χ0n) is 15.1. The smallest absolute Gasteiger partial charge is 0.408 e. The summed E-state index contributed by atoms with van der Waals surface area (Å²) >= 11 is 6.29. The van der Waals surface area contributed by atoms with E-state index in [1.165, 1.54) is 5.56 Å². The maximum Gasteiger partial charge on any atom is 0.408 e. The number of ether oxygens (including phenoxy) is 2. The number of carbonyl (C=O) groups is 1. The maximum atomic E-state index is 11.7. The molecule has 138 valence electrons. The largest absolute Gasteiger partial charge is 0.490 e. The van der Waals surface area contributed by atoms with Gasteiger partial charge in [0, 0.05) is 0 Å². The first kappa shape index (κ1) is 19.9. The van der Waals surface area contributed by atoms with E-state index in [0.29, 0.717) is 23.9 Å². The number of carbonyl (C=O) groups excluding carboxylic acids is 1. The minimum Gasteiger partial charge on any atom is -0.490 e. The van der Waals surface area contributed by atoms with Gasteiger partial charge in [-0.2, -0.15) is 0 Å². The topological polar surface area (TPSA) is 47.6 Å². The Morgan fingerprint density at radius 2 is 1.92 bits per heavy atom. The zero-order valence-corrected chi connectivity index (χ0v) is 15.9. The van der Waals surface area contributed by atoms with Crippen LogP contribution >= 0.6 is 11.6 Å². The van der Waals surface area contributed by atoms with Crippen LogP contribution in [0.25, 0.3) is 0 Å². The first-order chi connectivity index (χ1) is 12.4. The fourth-order valence-electron chi connectivity index (χ4n) is 2.23. The molecule has 1 N–H and O–H groups in total. The summed E-state index contributed by atoms with van der Waals surface area (Å²) in [6.07, 6.45) is 1.87. The monoisotopic (exact) mass is 373 g/mol. The lowest BCUT2D eigenvalue weighted by Crippen LogP contribution is -2.35. The van der Waals surface area contributed by atoms with Crippen molar-refractivity contribution in [2.24, 2.45) is 0 Å². The molecule has 2 aromatic rings. The SMILES string of the molecule is C=CC(C)(C)OC(=O)NCCOc1ccc(Cc2ccccc2)cc1Cl. The fourth-order valence-corrected chi connectivity index (χ4v) is 2.49. The van der Waals surface area contributed by atoms with Crippen molar-refractivity contribution in [2.75, 3.05) is 13.2 Å². The number of hydrogen-bond donors (Lipinski definition) is 1. The van der Waals surface area contributed by atoms with E-state index < -0.39 is 11.7 Å². The summed E-state index contributed by atoms with van der Waals surface area (Å²) in [7, 11) is 0. The Hall–Kier alpha value is -2.46. The van der Waals surface area contributed by atoms with Crippen molar-refractivity contribution < 1.29 is 14.3 Å². The highest BCUT2D eigenvalue weighted by molar-refractivity contribution is 6.32. The highest BCUT2D eigenvalue weighted by atomic mass is 35.5. The second-order valence-corrected chi connectivity index (χ2v) is 6.81. The van der Waals surface area contributed by atoms with Crippen LogP contribution in [0, 0.1) is 0 Å². The second kappa shape index (κ2) is 9.30. The molecule has 0 aliphatic rings. The minimum absolute atomic E-state index is 0.293. The maximum absolute atomic E-state index is 11.7. The standard InChI is InChI=1S/C21H24ClNO3/c1-4-21(2,3)26-20(24)23-12-13-25-19-11-10-17(15-18(19)22)14-16-8-6-5-7-9-16/h4-11,15H,1,12-14H2,2-3H3,(H,23,24). The number of nitrogens with one attached hydrogen (secondary N) is 1. The Morgan fingerprint density at radius 3 is 2.58 bits per heavy atom. The molecule has 0 unspecified atom stereocenters. The van der Waals surface area contributed by atoms with Crippen LogP contribution in [-0.4, -0.2) is 24.8 Å². The van der Waals surface area contributed by atoms with Crippen molar-refractivity contribution in [2.45, 2.75) is 25.9 Å². The molecule has 0 fully saturated rings. The molecule has 0 heterocycles. The van der Waals surface area contributed by atoms with Crippen LogP contribution in [0.1, 0.15) is 25.0 Å².